The zero-order chi connectivity index (χ0) is 26.0. The first-order chi connectivity index (χ1) is 17.2. The van der Waals surface area contributed by atoms with Gasteiger partial charge in [-0.3, -0.25) is 9.68 Å². The fourth-order valence-electron chi connectivity index (χ4n) is 4.33. The predicted octanol–water partition coefficient (Wildman–Crippen LogP) is 4.59. The standard InChI is InChI=1S/C25H23Cl2NO7S/c1-13(29)28-25(9-10-36-3)17-8-7-16(22(27)23(17)34-35-24(25)31)15-6-4-5-14(21(15)26)11-19-18(32-2)12-20(30)33-19/h4-8,12,19H,9-11H2,1-3H3,(H,28,29)/t19?,25-/m1/s1. The van der Waals surface area contributed by atoms with Gasteiger partial charge in [0.1, 0.15) is 5.76 Å². The maximum absolute atomic E-state index is 12.8. The third-order valence-electron chi connectivity index (χ3n) is 6.02. The summed E-state index contributed by atoms with van der Waals surface area (Å²) in [6, 6.07) is 8.82. The summed E-state index contributed by atoms with van der Waals surface area (Å²) in [5, 5.41) is 3.32. The van der Waals surface area contributed by atoms with Crippen molar-refractivity contribution < 1.29 is 33.6 Å². The van der Waals surface area contributed by atoms with Crippen LogP contribution < -0.4 is 10.2 Å². The zero-order valence-electron chi connectivity index (χ0n) is 19.7. The predicted molar refractivity (Wildman–Crippen MR) is 136 cm³/mol. The number of esters is 1. The molecular weight excluding hydrogens is 529 g/mol. The highest BCUT2D eigenvalue weighted by atomic mass is 35.5. The summed E-state index contributed by atoms with van der Waals surface area (Å²) < 4.78 is 10.6. The van der Waals surface area contributed by atoms with Crippen molar-refractivity contribution in [1.82, 2.24) is 5.32 Å². The van der Waals surface area contributed by atoms with Gasteiger partial charge < -0.3 is 14.8 Å². The van der Waals surface area contributed by atoms with E-state index in [0.29, 0.717) is 45.2 Å². The van der Waals surface area contributed by atoms with Crippen LogP contribution in [0.1, 0.15) is 24.5 Å². The Morgan fingerprint density at radius 1 is 1.14 bits per heavy atom. The van der Waals surface area contributed by atoms with Crippen molar-refractivity contribution in [3.8, 4) is 16.9 Å². The molecule has 1 amide bonds. The zero-order valence-corrected chi connectivity index (χ0v) is 22.0. The highest BCUT2D eigenvalue weighted by molar-refractivity contribution is 7.98. The summed E-state index contributed by atoms with van der Waals surface area (Å²) in [7, 11) is 1.47. The maximum atomic E-state index is 12.8. The van der Waals surface area contributed by atoms with Crippen molar-refractivity contribution in [2.45, 2.75) is 31.4 Å². The Morgan fingerprint density at radius 3 is 2.58 bits per heavy atom. The molecule has 1 unspecified atom stereocenters. The highest BCUT2D eigenvalue weighted by Crippen LogP contribution is 2.47. The number of rotatable bonds is 8. The summed E-state index contributed by atoms with van der Waals surface area (Å²) in [4.78, 5) is 46.9. The average Bonchev–Trinajstić information content (AvgIpc) is 3.20. The topological polar surface area (TPSA) is 100 Å². The molecule has 2 aliphatic heterocycles. The third-order valence-corrected chi connectivity index (χ3v) is 7.46. The number of halogens is 2. The SMILES string of the molecule is COC1=CC(=O)OC1Cc1cccc(-c2ccc3c(c2Cl)OOC(=O)[C@]3(CCSC)NC(C)=O)c1Cl. The Morgan fingerprint density at radius 2 is 1.89 bits per heavy atom. The van der Waals surface area contributed by atoms with Gasteiger partial charge in [0.25, 0.3) is 0 Å². The van der Waals surface area contributed by atoms with Crippen LogP contribution in [0.5, 0.6) is 5.75 Å². The summed E-state index contributed by atoms with van der Waals surface area (Å²) in [5.74, 6) is -0.476. The minimum absolute atomic E-state index is 0.124. The minimum Gasteiger partial charge on any atom is -0.497 e. The monoisotopic (exact) mass is 551 g/mol. The van der Waals surface area contributed by atoms with Crippen LogP contribution in [0.15, 0.2) is 42.2 Å². The molecule has 0 radical (unpaired) electrons. The van der Waals surface area contributed by atoms with Crippen LogP contribution in [0, 0.1) is 0 Å². The molecule has 2 aliphatic rings. The average molecular weight is 552 g/mol. The van der Waals surface area contributed by atoms with E-state index < -0.39 is 29.5 Å². The first-order valence-corrected chi connectivity index (χ1v) is 13.1. The van der Waals surface area contributed by atoms with Crippen LogP contribution in [-0.2, 0) is 40.7 Å². The van der Waals surface area contributed by atoms with Gasteiger partial charge in [0, 0.05) is 30.0 Å². The Bertz CT molecular complexity index is 1270. The van der Waals surface area contributed by atoms with Gasteiger partial charge in [0.05, 0.1) is 23.2 Å². The minimum atomic E-state index is -1.44. The molecule has 2 aromatic rings. The van der Waals surface area contributed by atoms with Crippen LogP contribution in [0.2, 0.25) is 10.0 Å². The molecule has 0 saturated carbocycles. The van der Waals surface area contributed by atoms with E-state index >= 15 is 0 Å². The fraction of sp³-hybridized carbons (Fsp3) is 0.320. The second-order valence-electron chi connectivity index (χ2n) is 8.25. The van der Waals surface area contributed by atoms with Crippen molar-refractivity contribution in [2.75, 3.05) is 19.1 Å². The second kappa shape index (κ2) is 10.6. The molecule has 1 N–H and O–H groups in total. The van der Waals surface area contributed by atoms with Crippen LogP contribution in [-0.4, -0.2) is 43.1 Å². The molecule has 0 fully saturated rings. The summed E-state index contributed by atoms with van der Waals surface area (Å²) in [6.07, 6.45) is 3.20. The Labute approximate surface area is 222 Å². The first kappa shape index (κ1) is 26.2. The molecule has 0 aromatic heterocycles. The van der Waals surface area contributed by atoms with Gasteiger partial charge in [-0.1, -0.05) is 53.5 Å². The van der Waals surface area contributed by atoms with E-state index in [-0.39, 0.29) is 17.2 Å². The molecule has 0 aliphatic carbocycles. The van der Waals surface area contributed by atoms with Crippen molar-refractivity contribution in [3.05, 3.63) is 63.3 Å². The van der Waals surface area contributed by atoms with Gasteiger partial charge in [0.15, 0.2) is 11.6 Å². The van der Waals surface area contributed by atoms with Gasteiger partial charge in [-0.2, -0.15) is 11.8 Å². The number of hydrogen-bond donors (Lipinski definition) is 1. The molecule has 2 aromatic carbocycles. The molecule has 11 heteroatoms. The normalized spacial score (nSPS) is 20.6. The van der Waals surface area contributed by atoms with E-state index in [1.165, 1.54) is 31.9 Å². The van der Waals surface area contributed by atoms with Gasteiger partial charge in [-0.15, -0.1) is 0 Å². The first-order valence-electron chi connectivity index (χ1n) is 11.0. The number of benzene rings is 2. The Balaban J connectivity index is 1.75. The summed E-state index contributed by atoms with van der Waals surface area (Å²) in [5.41, 5.74) is 0.810. The number of carbonyl (C=O) groups excluding carboxylic acids is 3. The van der Waals surface area contributed by atoms with Crippen LogP contribution in [0.25, 0.3) is 11.1 Å². The molecule has 36 heavy (non-hydrogen) atoms. The number of thioether (sulfide) groups is 1. The molecule has 2 heterocycles. The lowest BCUT2D eigenvalue weighted by Gasteiger charge is -2.36. The van der Waals surface area contributed by atoms with E-state index in [0.717, 1.165) is 0 Å². The number of cyclic esters (lactones) is 1. The quantitative estimate of drug-likeness (QED) is 0.375. The van der Waals surface area contributed by atoms with Gasteiger partial charge in [-0.05, 0) is 24.0 Å². The molecule has 8 nitrogen and oxygen atoms in total. The highest BCUT2D eigenvalue weighted by Gasteiger charge is 2.49. The van der Waals surface area contributed by atoms with Crippen molar-refractivity contribution in [3.63, 3.8) is 0 Å². The van der Waals surface area contributed by atoms with E-state index in [1.54, 1.807) is 24.3 Å². The Kier molecular flexibility index (Phi) is 7.73. The maximum Gasteiger partial charge on any atom is 0.385 e. The molecular formula is C25H23Cl2NO7S. The van der Waals surface area contributed by atoms with Crippen molar-refractivity contribution in [2.24, 2.45) is 0 Å². The second-order valence-corrected chi connectivity index (χ2v) is 9.99. The van der Waals surface area contributed by atoms with E-state index in [9.17, 15) is 14.4 Å². The van der Waals surface area contributed by atoms with E-state index in [4.69, 9.17) is 42.5 Å². The molecule has 0 spiro atoms. The lowest BCUT2D eigenvalue weighted by Crippen LogP contribution is -2.54. The number of carbonyl (C=O) groups is 3. The molecule has 4 rings (SSSR count). The third kappa shape index (κ3) is 4.75. The summed E-state index contributed by atoms with van der Waals surface area (Å²) in [6.45, 7) is 1.33. The van der Waals surface area contributed by atoms with Gasteiger partial charge >= 0.3 is 11.9 Å². The smallest absolute Gasteiger partial charge is 0.385 e. The number of methoxy groups -OCH3 is 1. The molecule has 2 atom stereocenters. The molecule has 0 saturated heterocycles. The molecule has 190 valence electrons. The van der Waals surface area contributed by atoms with E-state index in [1.807, 2.05) is 12.3 Å². The van der Waals surface area contributed by atoms with Gasteiger partial charge in [-0.25, -0.2) is 14.5 Å². The number of nitrogens with one attached hydrogen (secondary N) is 1. The van der Waals surface area contributed by atoms with Crippen LogP contribution in [0.4, 0.5) is 0 Å². The van der Waals surface area contributed by atoms with Crippen molar-refractivity contribution >= 4 is 52.8 Å². The largest absolute Gasteiger partial charge is 0.497 e. The number of fused-ring (bicyclic) bond motifs is 1. The summed E-state index contributed by atoms with van der Waals surface area (Å²) >= 11 is 15.1. The van der Waals surface area contributed by atoms with Crippen LogP contribution >= 0.6 is 35.0 Å². The Hall–Kier alpha value is -2.88. The van der Waals surface area contributed by atoms with E-state index in [2.05, 4.69) is 5.32 Å². The molecule has 0 bridgehead atoms. The fourth-order valence-corrected chi connectivity index (χ4v) is 5.45. The number of ether oxygens (including phenoxy) is 2. The van der Waals surface area contributed by atoms with Crippen LogP contribution in [0.3, 0.4) is 0 Å². The van der Waals surface area contributed by atoms with Gasteiger partial charge in [0.2, 0.25) is 11.7 Å². The van der Waals surface area contributed by atoms with Crippen molar-refractivity contribution in [1.29, 1.82) is 0 Å². The lowest BCUT2D eigenvalue weighted by molar-refractivity contribution is -0.230. The lowest BCUT2D eigenvalue weighted by atomic mass is 9.84. The number of hydrogen-bond acceptors (Lipinski definition) is 8. The number of amides is 1.